The Morgan fingerprint density at radius 3 is 1.63 bits per heavy atom. The third-order valence-electron chi connectivity index (χ3n) is 2.85. The zero-order valence-electron chi connectivity index (χ0n) is 11.8. The van der Waals surface area contributed by atoms with Crippen LogP contribution in [0, 0.1) is 13.8 Å². The summed E-state index contributed by atoms with van der Waals surface area (Å²) in [7, 11) is 0. The molecule has 0 saturated carbocycles. The Morgan fingerprint density at radius 1 is 0.789 bits per heavy atom. The second-order valence-corrected chi connectivity index (χ2v) is 4.33. The largest absolute Gasteiger partial charge is 0.298 e. The molecule has 1 nitrogen and oxygen atoms in total. The van der Waals surface area contributed by atoms with Crippen LogP contribution in [0.2, 0.25) is 0 Å². The number of benzene rings is 2. The van der Waals surface area contributed by atoms with Gasteiger partial charge in [-0.05, 0) is 37.5 Å². The summed E-state index contributed by atoms with van der Waals surface area (Å²) in [5.74, 6) is 0. The maximum absolute atomic E-state index is 10.2. The Labute approximate surface area is 115 Å². The van der Waals surface area contributed by atoms with Gasteiger partial charge >= 0.3 is 0 Å². The maximum Gasteiger partial charge on any atom is 0.150 e. The summed E-state index contributed by atoms with van der Waals surface area (Å²) in [4.78, 5) is 10.2. The molecule has 0 N–H and O–H groups in total. The van der Waals surface area contributed by atoms with Crippen LogP contribution < -0.4 is 0 Å². The number of carbonyl (C=O) groups excluding carboxylic acids is 1. The van der Waals surface area contributed by atoms with Crippen LogP contribution in [0.15, 0.2) is 54.6 Å². The molecule has 0 bridgehead atoms. The van der Waals surface area contributed by atoms with E-state index >= 15 is 0 Å². The fourth-order valence-corrected chi connectivity index (χ4v) is 1.67. The van der Waals surface area contributed by atoms with Gasteiger partial charge in [-0.25, -0.2) is 0 Å². The van der Waals surface area contributed by atoms with Gasteiger partial charge in [0.15, 0.2) is 0 Å². The Kier molecular flexibility index (Phi) is 6.31. The minimum Gasteiger partial charge on any atom is -0.298 e. The van der Waals surface area contributed by atoms with Crippen molar-refractivity contribution in [2.75, 3.05) is 0 Å². The van der Waals surface area contributed by atoms with Crippen LogP contribution >= 0.6 is 0 Å². The smallest absolute Gasteiger partial charge is 0.150 e. The lowest BCUT2D eigenvalue weighted by molar-refractivity contribution is 0.112. The van der Waals surface area contributed by atoms with Gasteiger partial charge in [0, 0.05) is 5.56 Å². The van der Waals surface area contributed by atoms with Crippen molar-refractivity contribution in [3.8, 4) is 0 Å². The lowest BCUT2D eigenvalue weighted by atomic mass is 10.1. The van der Waals surface area contributed by atoms with Crippen LogP contribution in [-0.4, -0.2) is 6.29 Å². The molecular weight excluding hydrogens is 232 g/mol. The molecule has 0 aliphatic carbocycles. The molecule has 2 aromatic carbocycles. The zero-order chi connectivity index (χ0) is 14.1. The quantitative estimate of drug-likeness (QED) is 0.699. The third-order valence-corrected chi connectivity index (χ3v) is 2.85. The zero-order valence-corrected chi connectivity index (χ0v) is 11.8. The monoisotopic (exact) mass is 252 g/mol. The second kappa shape index (κ2) is 8.04. The SMILES string of the molecule is C/C=C/c1ccccc1C.Cc1ccccc1C=O. The van der Waals surface area contributed by atoms with Gasteiger partial charge in [0.1, 0.15) is 6.29 Å². The molecule has 0 heterocycles. The van der Waals surface area contributed by atoms with Crippen LogP contribution in [0.25, 0.3) is 6.08 Å². The van der Waals surface area contributed by atoms with E-state index in [0.717, 1.165) is 17.4 Å². The van der Waals surface area contributed by atoms with E-state index in [-0.39, 0.29) is 0 Å². The Balaban J connectivity index is 0.000000191. The van der Waals surface area contributed by atoms with Crippen molar-refractivity contribution in [2.24, 2.45) is 0 Å². The fraction of sp³-hybridized carbons (Fsp3) is 0.167. The van der Waals surface area contributed by atoms with Crippen molar-refractivity contribution < 1.29 is 4.79 Å². The van der Waals surface area contributed by atoms with E-state index in [2.05, 4.69) is 43.3 Å². The number of aldehydes is 1. The van der Waals surface area contributed by atoms with Crippen molar-refractivity contribution in [3.63, 3.8) is 0 Å². The van der Waals surface area contributed by atoms with Gasteiger partial charge in [0.2, 0.25) is 0 Å². The van der Waals surface area contributed by atoms with E-state index in [1.165, 1.54) is 11.1 Å². The first-order valence-electron chi connectivity index (χ1n) is 6.38. The molecular formula is C18H20O. The molecule has 0 amide bonds. The molecule has 0 fully saturated rings. The van der Waals surface area contributed by atoms with Gasteiger partial charge < -0.3 is 0 Å². The second-order valence-electron chi connectivity index (χ2n) is 4.33. The summed E-state index contributed by atoms with van der Waals surface area (Å²) in [6.45, 7) is 6.07. The normalized spacial score (nSPS) is 9.84. The van der Waals surface area contributed by atoms with Gasteiger partial charge in [0.05, 0.1) is 0 Å². The molecule has 1 heteroatoms. The van der Waals surface area contributed by atoms with E-state index in [1.54, 1.807) is 0 Å². The standard InChI is InChI=1S/C10H12.C8H8O/c1-3-6-10-8-5-4-7-9(10)2;1-7-4-2-3-5-8(7)6-9/h3-8H,1-2H3;2-6H,1H3/b6-3+;. The third kappa shape index (κ3) is 4.92. The predicted molar refractivity (Wildman–Crippen MR) is 82.5 cm³/mol. The first-order valence-corrected chi connectivity index (χ1v) is 6.38. The van der Waals surface area contributed by atoms with Crippen LogP contribution in [0.3, 0.4) is 0 Å². The summed E-state index contributed by atoms with van der Waals surface area (Å²) < 4.78 is 0. The van der Waals surface area contributed by atoms with E-state index in [1.807, 2.05) is 38.1 Å². The minimum atomic E-state index is 0.775. The van der Waals surface area contributed by atoms with Gasteiger partial charge in [-0.15, -0.1) is 0 Å². The summed E-state index contributed by atoms with van der Waals surface area (Å²) in [5.41, 5.74) is 4.45. The summed E-state index contributed by atoms with van der Waals surface area (Å²) in [5, 5.41) is 0. The summed E-state index contributed by atoms with van der Waals surface area (Å²) in [6, 6.07) is 15.9. The number of aryl methyl sites for hydroxylation is 2. The van der Waals surface area contributed by atoms with Crippen molar-refractivity contribution in [1.82, 2.24) is 0 Å². The molecule has 2 rings (SSSR count). The highest BCUT2D eigenvalue weighted by Gasteiger charge is 1.90. The molecule has 2 aromatic rings. The van der Waals surface area contributed by atoms with Gasteiger partial charge in [0.25, 0.3) is 0 Å². The van der Waals surface area contributed by atoms with Gasteiger partial charge in [-0.1, -0.05) is 60.7 Å². The molecule has 0 aromatic heterocycles. The number of hydrogen-bond acceptors (Lipinski definition) is 1. The van der Waals surface area contributed by atoms with Crippen molar-refractivity contribution in [3.05, 3.63) is 76.9 Å². The summed E-state index contributed by atoms with van der Waals surface area (Å²) in [6.07, 6.45) is 5.05. The molecule has 0 atom stereocenters. The molecule has 0 radical (unpaired) electrons. The van der Waals surface area contributed by atoms with Gasteiger partial charge in [-0.3, -0.25) is 4.79 Å². The van der Waals surface area contributed by atoms with E-state index < -0.39 is 0 Å². The van der Waals surface area contributed by atoms with Crippen molar-refractivity contribution in [1.29, 1.82) is 0 Å². The molecule has 0 saturated heterocycles. The molecule has 0 aliphatic heterocycles. The highest BCUT2D eigenvalue weighted by atomic mass is 16.1. The number of carbonyl (C=O) groups is 1. The Bertz CT molecular complexity index is 553. The first-order chi connectivity index (χ1) is 9.19. The Hall–Kier alpha value is -2.15. The maximum atomic E-state index is 10.2. The van der Waals surface area contributed by atoms with E-state index in [0.29, 0.717) is 0 Å². The lowest BCUT2D eigenvalue weighted by Gasteiger charge is -1.96. The number of allylic oxidation sites excluding steroid dienone is 1. The molecule has 0 spiro atoms. The predicted octanol–water partition coefficient (Wildman–Crippen LogP) is 4.84. The first kappa shape index (κ1) is 14.9. The number of rotatable bonds is 2. The highest BCUT2D eigenvalue weighted by Crippen LogP contribution is 2.07. The summed E-state index contributed by atoms with van der Waals surface area (Å²) >= 11 is 0. The van der Waals surface area contributed by atoms with Crippen LogP contribution in [0.5, 0.6) is 0 Å². The average molecular weight is 252 g/mol. The van der Waals surface area contributed by atoms with Crippen molar-refractivity contribution >= 4 is 12.4 Å². The van der Waals surface area contributed by atoms with Crippen LogP contribution in [0.4, 0.5) is 0 Å². The number of hydrogen-bond donors (Lipinski definition) is 0. The Morgan fingerprint density at radius 2 is 1.26 bits per heavy atom. The fourth-order valence-electron chi connectivity index (χ4n) is 1.67. The molecule has 19 heavy (non-hydrogen) atoms. The van der Waals surface area contributed by atoms with Crippen LogP contribution in [0.1, 0.15) is 34.0 Å². The highest BCUT2D eigenvalue weighted by molar-refractivity contribution is 5.76. The van der Waals surface area contributed by atoms with Crippen LogP contribution in [-0.2, 0) is 0 Å². The molecule has 0 aliphatic rings. The average Bonchev–Trinajstić information content (AvgIpc) is 2.43. The van der Waals surface area contributed by atoms with Gasteiger partial charge in [-0.2, -0.15) is 0 Å². The van der Waals surface area contributed by atoms with E-state index in [4.69, 9.17) is 0 Å². The van der Waals surface area contributed by atoms with Crippen molar-refractivity contribution in [2.45, 2.75) is 20.8 Å². The minimum absolute atomic E-state index is 0.775. The molecule has 0 unspecified atom stereocenters. The topological polar surface area (TPSA) is 17.1 Å². The molecule has 98 valence electrons. The lowest BCUT2D eigenvalue weighted by Crippen LogP contribution is -1.82. The van der Waals surface area contributed by atoms with E-state index in [9.17, 15) is 4.79 Å².